The van der Waals surface area contributed by atoms with Crippen LogP contribution in [0.5, 0.6) is 0 Å². The molecule has 0 saturated heterocycles. The van der Waals surface area contributed by atoms with Crippen LogP contribution < -0.4 is 0 Å². The van der Waals surface area contributed by atoms with Crippen molar-refractivity contribution in [2.75, 3.05) is 0 Å². The number of rotatable bonds is 2. The normalized spacial score (nSPS) is 22.3. The molecule has 0 heterocycles. The first-order valence-electron chi connectivity index (χ1n) is 6.30. The summed E-state index contributed by atoms with van der Waals surface area (Å²) in [6.07, 6.45) is 6.35. The van der Waals surface area contributed by atoms with Crippen LogP contribution in [0.25, 0.3) is 11.1 Å². The third kappa shape index (κ3) is 2.09. The van der Waals surface area contributed by atoms with E-state index in [4.69, 9.17) is 11.6 Å². The van der Waals surface area contributed by atoms with Crippen LogP contribution in [-0.4, -0.2) is 0 Å². The molecular formula is C17H15Cl. The number of halogens is 1. The van der Waals surface area contributed by atoms with Gasteiger partial charge in [0.25, 0.3) is 0 Å². The molecule has 3 rings (SSSR count). The summed E-state index contributed by atoms with van der Waals surface area (Å²) in [4.78, 5) is -0.301. The Morgan fingerprint density at radius 1 is 0.889 bits per heavy atom. The lowest BCUT2D eigenvalue weighted by Crippen LogP contribution is -2.11. The van der Waals surface area contributed by atoms with Crippen molar-refractivity contribution in [2.45, 2.75) is 17.7 Å². The van der Waals surface area contributed by atoms with Crippen LogP contribution in [-0.2, 0) is 4.87 Å². The first-order chi connectivity index (χ1) is 8.78. The van der Waals surface area contributed by atoms with Crippen LogP contribution in [0.4, 0.5) is 0 Å². The van der Waals surface area contributed by atoms with Gasteiger partial charge in [0.1, 0.15) is 0 Å². The van der Waals surface area contributed by atoms with Crippen molar-refractivity contribution in [1.29, 1.82) is 0 Å². The standard InChI is InChI=1S/C17H15Cl/c18-17(11-4-5-12-17)16-10-6-9-15(13-16)14-7-2-1-3-8-14/h1-4,6-11,13H,5,12H2. The number of hydrogen-bond donors (Lipinski definition) is 0. The Balaban J connectivity index is 2.02. The van der Waals surface area contributed by atoms with E-state index in [1.165, 1.54) is 16.7 Å². The van der Waals surface area contributed by atoms with Crippen molar-refractivity contribution in [3.05, 3.63) is 72.3 Å². The van der Waals surface area contributed by atoms with Crippen molar-refractivity contribution in [3.63, 3.8) is 0 Å². The molecule has 1 aliphatic rings. The SMILES string of the molecule is ClC1(c2cccc(-c3ccccc3)c2)C=CCC1. The second kappa shape index (κ2) is 4.62. The second-order valence-electron chi connectivity index (χ2n) is 4.75. The monoisotopic (exact) mass is 254 g/mol. The lowest BCUT2D eigenvalue weighted by Gasteiger charge is -2.20. The van der Waals surface area contributed by atoms with Gasteiger partial charge in [0, 0.05) is 0 Å². The molecule has 2 aromatic carbocycles. The van der Waals surface area contributed by atoms with E-state index in [0.717, 1.165) is 12.8 Å². The number of allylic oxidation sites excluding steroid dienone is 2. The van der Waals surface area contributed by atoms with Gasteiger partial charge >= 0.3 is 0 Å². The van der Waals surface area contributed by atoms with E-state index in [1.54, 1.807) is 0 Å². The first-order valence-corrected chi connectivity index (χ1v) is 6.68. The van der Waals surface area contributed by atoms with Gasteiger partial charge in [0.05, 0.1) is 4.87 Å². The van der Waals surface area contributed by atoms with Gasteiger partial charge in [0.15, 0.2) is 0 Å². The van der Waals surface area contributed by atoms with E-state index in [1.807, 2.05) is 6.07 Å². The van der Waals surface area contributed by atoms with Crippen molar-refractivity contribution in [2.24, 2.45) is 0 Å². The molecule has 0 spiro atoms. The lowest BCUT2D eigenvalue weighted by molar-refractivity contribution is 0.725. The largest absolute Gasteiger partial charge is 0.110 e. The maximum absolute atomic E-state index is 6.67. The maximum Gasteiger partial charge on any atom is 0.0878 e. The molecule has 0 radical (unpaired) electrons. The fourth-order valence-corrected chi connectivity index (χ4v) is 2.79. The molecule has 2 aromatic rings. The molecule has 0 saturated carbocycles. The Labute approximate surface area is 113 Å². The third-order valence-corrected chi connectivity index (χ3v) is 4.04. The van der Waals surface area contributed by atoms with Crippen LogP contribution >= 0.6 is 11.6 Å². The summed E-state index contributed by atoms with van der Waals surface area (Å²) < 4.78 is 0. The van der Waals surface area contributed by atoms with E-state index in [9.17, 15) is 0 Å². The van der Waals surface area contributed by atoms with Crippen LogP contribution in [0.3, 0.4) is 0 Å². The van der Waals surface area contributed by atoms with Gasteiger partial charge in [-0.05, 0) is 35.6 Å². The van der Waals surface area contributed by atoms with Gasteiger partial charge in [-0.1, -0.05) is 60.7 Å². The summed E-state index contributed by atoms with van der Waals surface area (Å²) in [6.45, 7) is 0. The predicted molar refractivity (Wildman–Crippen MR) is 77.8 cm³/mol. The maximum atomic E-state index is 6.67. The van der Waals surface area contributed by atoms with Crippen molar-refractivity contribution in [3.8, 4) is 11.1 Å². The molecule has 1 unspecified atom stereocenters. The van der Waals surface area contributed by atoms with Gasteiger partial charge in [-0.3, -0.25) is 0 Å². The van der Waals surface area contributed by atoms with Gasteiger partial charge in [-0.25, -0.2) is 0 Å². The number of alkyl halides is 1. The molecular weight excluding hydrogens is 240 g/mol. The molecule has 90 valence electrons. The Hall–Kier alpha value is -1.53. The molecule has 0 aliphatic heterocycles. The average molecular weight is 255 g/mol. The predicted octanol–water partition coefficient (Wildman–Crippen LogP) is 5.14. The number of hydrogen-bond acceptors (Lipinski definition) is 0. The minimum atomic E-state index is -0.301. The van der Waals surface area contributed by atoms with E-state index < -0.39 is 0 Å². The Kier molecular flexibility index (Phi) is 2.97. The van der Waals surface area contributed by atoms with Crippen LogP contribution in [0.1, 0.15) is 18.4 Å². The van der Waals surface area contributed by atoms with Crippen LogP contribution in [0.2, 0.25) is 0 Å². The molecule has 0 fully saturated rings. The van der Waals surface area contributed by atoms with Gasteiger partial charge < -0.3 is 0 Å². The first kappa shape index (κ1) is 11.6. The molecule has 0 amide bonds. The van der Waals surface area contributed by atoms with Gasteiger partial charge in [-0.15, -0.1) is 11.6 Å². The average Bonchev–Trinajstić information content (AvgIpc) is 2.88. The Morgan fingerprint density at radius 2 is 1.67 bits per heavy atom. The molecule has 0 nitrogen and oxygen atoms in total. The highest BCUT2D eigenvalue weighted by atomic mass is 35.5. The minimum Gasteiger partial charge on any atom is -0.110 e. The topological polar surface area (TPSA) is 0 Å². The highest BCUT2D eigenvalue weighted by molar-refractivity contribution is 6.25. The fourth-order valence-electron chi connectivity index (χ4n) is 2.48. The van der Waals surface area contributed by atoms with E-state index in [2.05, 4.69) is 60.7 Å². The Morgan fingerprint density at radius 3 is 2.39 bits per heavy atom. The lowest BCUT2D eigenvalue weighted by atomic mass is 9.94. The zero-order valence-electron chi connectivity index (χ0n) is 10.1. The zero-order chi connectivity index (χ0) is 12.4. The minimum absolute atomic E-state index is 0.301. The molecule has 1 aliphatic carbocycles. The molecule has 1 heteroatoms. The quantitative estimate of drug-likeness (QED) is 0.514. The molecule has 18 heavy (non-hydrogen) atoms. The summed E-state index contributed by atoms with van der Waals surface area (Å²) in [5, 5.41) is 0. The molecule has 1 atom stereocenters. The highest BCUT2D eigenvalue weighted by Gasteiger charge is 2.29. The summed E-state index contributed by atoms with van der Waals surface area (Å²) in [6, 6.07) is 19.0. The smallest absolute Gasteiger partial charge is 0.0878 e. The Bertz CT molecular complexity index is 571. The summed E-state index contributed by atoms with van der Waals surface area (Å²) in [7, 11) is 0. The molecule has 0 bridgehead atoms. The number of benzene rings is 2. The van der Waals surface area contributed by atoms with E-state index in [-0.39, 0.29) is 4.87 Å². The highest BCUT2D eigenvalue weighted by Crippen LogP contribution is 2.40. The van der Waals surface area contributed by atoms with Crippen LogP contribution in [0.15, 0.2) is 66.7 Å². The van der Waals surface area contributed by atoms with Crippen molar-refractivity contribution >= 4 is 11.6 Å². The molecule has 0 aromatic heterocycles. The van der Waals surface area contributed by atoms with E-state index >= 15 is 0 Å². The summed E-state index contributed by atoms with van der Waals surface area (Å²) >= 11 is 6.67. The van der Waals surface area contributed by atoms with Gasteiger partial charge in [-0.2, -0.15) is 0 Å². The van der Waals surface area contributed by atoms with Gasteiger partial charge in [0.2, 0.25) is 0 Å². The third-order valence-electron chi connectivity index (χ3n) is 3.51. The van der Waals surface area contributed by atoms with Crippen molar-refractivity contribution < 1.29 is 0 Å². The van der Waals surface area contributed by atoms with Crippen LogP contribution in [0, 0.1) is 0 Å². The summed E-state index contributed by atoms with van der Waals surface area (Å²) in [5.41, 5.74) is 3.66. The van der Waals surface area contributed by atoms with E-state index in [0.29, 0.717) is 0 Å². The second-order valence-corrected chi connectivity index (χ2v) is 5.42. The molecule has 0 N–H and O–H groups in total. The fraction of sp³-hybridized carbons (Fsp3) is 0.176. The van der Waals surface area contributed by atoms with Crippen molar-refractivity contribution in [1.82, 2.24) is 0 Å². The zero-order valence-corrected chi connectivity index (χ0v) is 10.9. The summed E-state index contributed by atoms with van der Waals surface area (Å²) in [5.74, 6) is 0.